The molecule has 0 spiro atoms. The summed E-state index contributed by atoms with van der Waals surface area (Å²) in [5.41, 5.74) is 5.10. The van der Waals surface area contributed by atoms with Gasteiger partial charge in [-0.05, 0) is 5.75 Å². The minimum Gasteiger partial charge on any atom is -0.322 e. The highest BCUT2D eigenvalue weighted by Crippen LogP contribution is 1.88. The third-order valence-corrected chi connectivity index (χ3v) is 0.966. The molecule has 0 radical (unpaired) electrons. The van der Waals surface area contributed by atoms with E-state index in [9.17, 15) is 0 Å². The van der Waals surface area contributed by atoms with Crippen LogP contribution in [0.5, 0.6) is 0 Å². The molecule has 0 aliphatic carbocycles. The monoisotopic (exact) mass is 91.0 g/mol. The number of rotatable bonds is 2. The van der Waals surface area contributed by atoms with E-state index in [1.54, 1.807) is 11.8 Å². The molecule has 0 aliphatic rings. The van der Waals surface area contributed by atoms with E-state index in [2.05, 4.69) is 6.92 Å². The smallest absolute Gasteiger partial charge is 0.0392 e. The zero-order valence-electron chi connectivity index (χ0n) is 3.40. The van der Waals surface area contributed by atoms with Gasteiger partial charge < -0.3 is 5.73 Å². The Bertz CT molecular complexity index is 14.4. The van der Waals surface area contributed by atoms with Crippen LogP contribution in [-0.4, -0.2) is 11.6 Å². The Morgan fingerprint density at radius 2 is 2.40 bits per heavy atom. The Labute approximate surface area is 36.9 Å². The van der Waals surface area contributed by atoms with Gasteiger partial charge in [0.15, 0.2) is 0 Å². The standard InChI is InChI=1S/C3H9NS/c1-2-5-3-4/h2-4H2,1H3. The summed E-state index contributed by atoms with van der Waals surface area (Å²) in [6, 6.07) is 0. The fourth-order valence-electron chi connectivity index (χ4n) is 0.118. The van der Waals surface area contributed by atoms with Crippen LogP contribution in [-0.2, 0) is 0 Å². The fraction of sp³-hybridized carbons (Fsp3) is 1.00. The molecule has 1 nitrogen and oxygen atoms in total. The third kappa shape index (κ3) is 4.31. The van der Waals surface area contributed by atoms with Crippen LogP contribution in [0.1, 0.15) is 6.92 Å². The van der Waals surface area contributed by atoms with E-state index < -0.39 is 0 Å². The van der Waals surface area contributed by atoms with Gasteiger partial charge in [0, 0.05) is 5.88 Å². The lowest BCUT2D eigenvalue weighted by Gasteiger charge is -1.81. The SMILES string of the molecule is CCSCN. The topological polar surface area (TPSA) is 26.0 Å². The number of hydrogen-bond donors (Lipinski definition) is 1. The molecule has 0 atom stereocenters. The molecule has 0 amide bonds. The lowest BCUT2D eigenvalue weighted by atomic mass is 11.0. The predicted octanol–water partition coefficient (Wildman–Crippen LogP) is 0.656. The van der Waals surface area contributed by atoms with E-state index in [-0.39, 0.29) is 0 Å². The Hall–Kier alpha value is 0.310. The average Bonchev–Trinajstić information content (AvgIpc) is 1.41. The van der Waals surface area contributed by atoms with Gasteiger partial charge in [0.2, 0.25) is 0 Å². The zero-order valence-corrected chi connectivity index (χ0v) is 4.22. The largest absolute Gasteiger partial charge is 0.322 e. The molecular weight excluding hydrogens is 82.1 g/mol. The van der Waals surface area contributed by atoms with Crippen LogP contribution in [0.3, 0.4) is 0 Å². The predicted molar refractivity (Wildman–Crippen MR) is 27.2 cm³/mol. The van der Waals surface area contributed by atoms with Crippen LogP contribution >= 0.6 is 11.8 Å². The van der Waals surface area contributed by atoms with Crippen LogP contribution in [0, 0.1) is 0 Å². The molecule has 5 heavy (non-hydrogen) atoms. The molecule has 0 aromatic rings. The van der Waals surface area contributed by atoms with Crippen molar-refractivity contribution in [3.63, 3.8) is 0 Å². The van der Waals surface area contributed by atoms with Crippen LogP contribution in [0.25, 0.3) is 0 Å². The van der Waals surface area contributed by atoms with Crippen molar-refractivity contribution in [3.05, 3.63) is 0 Å². The van der Waals surface area contributed by atoms with E-state index >= 15 is 0 Å². The molecule has 0 aromatic heterocycles. The minimum absolute atomic E-state index is 0.760. The average molecular weight is 91.2 g/mol. The van der Waals surface area contributed by atoms with Crippen LogP contribution in [0.4, 0.5) is 0 Å². The molecule has 0 aromatic carbocycles. The summed E-state index contributed by atoms with van der Waals surface area (Å²) >= 11 is 1.74. The molecule has 0 rings (SSSR count). The van der Waals surface area contributed by atoms with Gasteiger partial charge in [0.05, 0.1) is 0 Å². The Kier molecular flexibility index (Phi) is 4.58. The second-order valence-electron chi connectivity index (χ2n) is 0.659. The van der Waals surface area contributed by atoms with E-state index in [4.69, 9.17) is 5.73 Å². The lowest BCUT2D eigenvalue weighted by Crippen LogP contribution is -1.91. The fourth-order valence-corrected chi connectivity index (χ4v) is 0.354. The van der Waals surface area contributed by atoms with E-state index in [1.165, 1.54) is 0 Å². The van der Waals surface area contributed by atoms with Gasteiger partial charge in [-0.3, -0.25) is 0 Å². The van der Waals surface area contributed by atoms with Crippen molar-refractivity contribution >= 4 is 11.8 Å². The summed E-state index contributed by atoms with van der Waals surface area (Å²) in [6.07, 6.45) is 0. The molecular formula is C3H9NS. The first kappa shape index (κ1) is 5.31. The molecule has 2 heteroatoms. The first-order valence-corrected chi connectivity index (χ1v) is 2.85. The molecule has 0 saturated carbocycles. The summed E-state index contributed by atoms with van der Waals surface area (Å²) in [4.78, 5) is 0. The van der Waals surface area contributed by atoms with Gasteiger partial charge in [0.1, 0.15) is 0 Å². The highest BCUT2D eigenvalue weighted by atomic mass is 32.2. The Morgan fingerprint density at radius 1 is 1.80 bits per heavy atom. The van der Waals surface area contributed by atoms with Crippen molar-refractivity contribution in [2.45, 2.75) is 6.92 Å². The van der Waals surface area contributed by atoms with Gasteiger partial charge in [-0.2, -0.15) is 0 Å². The second-order valence-corrected chi connectivity index (χ2v) is 1.98. The molecule has 0 heterocycles. The van der Waals surface area contributed by atoms with Gasteiger partial charge >= 0.3 is 0 Å². The number of thioether (sulfide) groups is 1. The maximum absolute atomic E-state index is 5.10. The van der Waals surface area contributed by atoms with Crippen molar-refractivity contribution in [2.75, 3.05) is 11.6 Å². The summed E-state index contributed by atoms with van der Waals surface area (Å²) in [7, 11) is 0. The zero-order chi connectivity index (χ0) is 4.12. The quantitative estimate of drug-likeness (QED) is 0.505. The highest BCUT2D eigenvalue weighted by molar-refractivity contribution is 7.99. The second kappa shape index (κ2) is 4.31. The normalized spacial score (nSPS) is 8.40. The van der Waals surface area contributed by atoms with Crippen LogP contribution < -0.4 is 5.73 Å². The van der Waals surface area contributed by atoms with Crippen molar-refractivity contribution < 1.29 is 0 Å². The number of nitrogens with two attached hydrogens (primary N) is 1. The Balaban J connectivity index is 2.19. The molecule has 32 valence electrons. The summed E-state index contributed by atoms with van der Waals surface area (Å²) < 4.78 is 0. The summed E-state index contributed by atoms with van der Waals surface area (Å²) in [6.45, 7) is 2.09. The van der Waals surface area contributed by atoms with Gasteiger partial charge in [-0.1, -0.05) is 6.92 Å². The maximum atomic E-state index is 5.10. The first-order chi connectivity index (χ1) is 2.41. The van der Waals surface area contributed by atoms with Crippen molar-refractivity contribution in [1.82, 2.24) is 0 Å². The molecule has 2 N–H and O–H groups in total. The Morgan fingerprint density at radius 3 is 2.40 bits per heavy atom. The lowest BCUT2D eigenvalue weighted by molar-refractivity contribution is 1.38. The minimum atomic E-state index is 0.760. The van der Waals surface area contributed by atoms with Crippen molar-refractivity contribution in [1.29, 1.82) is 0 Å². The first-order valence-electron chi connectivity index (χ1n) is 1.69. The number of hydrogen-bond acceptors (Lipinski definition) is 2. The van der Waals surface area contributed by atoms with E-state index in [0.29, 0.717) is 0 Å². The van der Waals surface area contributed by atoms with Crippen LogP contribution in [0.15, 0.2) is 0 Å². The molecule has 0 unspecified atom stereocenters. The third-order valence-electron chi connectivity index (χ3n) is 0.322. The molecule has 0 saturated heterocycles. The molecule has 0 fully saturated rings. The van der Waals surface area contributed by atoms with Gasteiger partial charge in [0.25, 0.3) is 0 Å². The van der Waals surface area contributed by atoms with Gasteiger partial charge in [-0.15, -0.1) is 11.8 Å². The maximum Gasteiger partial charge on any atom is 0.0392 e. The summed E-state index contributed by atoms with van der Waals surface area (Å²) in [5, 5.41) is 0. The van der Waals surface area contributed by atoms with Crippen molar-refractivity contribution in [3.8, 4) is 0 Å². The van der Waals surface area contributed by atoms with Gasteiger partial charge in [-0.25, -0.2) is 0 Å². The molecule has 0 aliphatic heterocycles. The van der Waals surface area contributed by atoms with Crippen LogP contribution in [0.2, 0.25) is 0 Å². The molecule has 0 bridgehead atoms. The van der Waals surface area contributed by atoms with E-state index in [1.807, 2.05) is 0 Å². The van der Waals surface area contributed by atoms with Crippen molar-refractivity contribution in [2.24, 2.45) is 5.73 Å². The highest BCUT2D eigenvalue weighted by Gasteiger charge is 1.67. The van der Waals surface area contributed by atoms with E-state index in [0.717, 1.165) is 11.6 Å². The summed E-state index contributed by atoms with van der Waals surface area (Å²) in [5.74, 6) is 1.90.